The lowest BCUT2D eigenvalue weighted by Crippen LogP contribution is -2.22. The second-order valence-corrected chi connectivity index (χ2v) is 6.80. The standard InChI is InChI=1S/C19H22N2O3S/c1-4-24-18-8-6-5-7-17(18)21-19(23)13(2)25-16-11-9-15(10-12-16)20-14(3)22/h5-13H,4H2,1-3H3,(H,20,22)(H,21,23)/t13-/m1/s1. The van der Waals surface area contributed by atoms with Gasteiger partial charge in [0.15, 0.2) is 0 Å². The molecule has 0 spiro atoms. The number of ether oxygens (including phenoxy) is 1. The highest BCUT2D eigenvalue weighted by molar-refractivity contribution is 8.00. The molecule has 25 heavy (non-hydrogen) atoms. The number of anilines is 2. The predicted molar refractivity (Wildman–Crippen MR) is 102 cm³/mol. The number of carbonyl (C=O) groups is 2. The second kappa shape index (κ2) is 9.13. The van der Waals surface area contributed by atoms with E-state index in [0.29, 0.717) is 18.0 Å². The SMILES string of the molecule is CCOc1ccccc1NC(=O)[C@@H](C)Sc1ccc(NC(C)=O)cc1. The predicted octanol–water partition coefficient (Wildman–Crippen LogP) is 4.16. The minimum absolute atomic E-state index is 0.0944. The van der Waals surface area contributed by atoms with Gasteiger partial charge in [-0.1, -0.05) is 12.1 Å². The highest BCUT2D eigenvalue weighted by Gasteiger charge is 2.16. The number of carbonyl (C=O) groups excluding carboxylic acids is 2. The molecule has 0 fully saturated rings. The first-order chi connectivity index (χ1) is 12.0. The average molecular weight is 358 g/mol. The Kier molecular flexibility index (Phi) is 6.89. The maximum Gasteiger partial charge on any atom is 0.237 e. The number of amides is 2. The summed E-state index contributed by atoms with van der Waals surface area (Å²) in [4.78, 5) is 24.4. The second-order valence-electron chi connectivity index (χ2n) is 5.38. The minimum atomic E-state index is -0.277. The number of thioether (sulfide) groups is 1. The molecule has 2 aromatic carbocycles. The highest BCUT2D eigenvalue weighted by atomic mass is 32.2. The molecule has 0 bridgehead atoms. The summed E-state index contributed by atoms with van der Waals surface area (Å²) in [5.41, 5.74) is 1.41. The summed E-state index contributed by atoms with van der Waals surface area (Å²) in [6.45, 7) is 5.76. The molecule has 0 aliphatic heterocycles. The molecule has 2 amide bonds. The normalized spacial score (nSPS) is 11.5. The van der Waals surface area contributed by atoms with Gasteiger partial charge in [0, 0.05) is 17.5 Å². The molecule has 2 rings (SSSR count). The van der Waals surface area contributed by atoms with E-state index in [1.807, 2.05) is 62.4 Å². The van der Waals surface area contributed by atoms with Gasteiger partial charge >= 0.3 is 0 Å². The zero-order valence-corrected chi connectivity index (χ0v) is 15.4. The third-order valence-corrected chi connectivity index (χ3v) is 4.41. The van der Waals surface area contributed by atoms with Gasteiger partial charge in [-0.05, 0) is 50.2 Å². The van der Waals surface area contributed by atoms with Gasteiger partial charge in [0.2, 0.25) is 11.8 Å². The Hall–Kier alpha value is -2.47. The molecule has 2 aromatic rings. The van der Waals surface area contributed by atoms with Crippen molar-refractivity contribution < 1.29 is 14.3 Å². The summed E-state index contributed by atoms with van der Waals surface area (Å²) >= 11 is 1.45. The van der Waals surface area contributed by atoms with E-state index in [1.165, 1.54) is 18.7 Å². The summed E-state index contributed by atoms with van der Waals surface area (Å²) in [6.07, 6.45) is 0. The molecule has 2 N–H and O–H groups in total. The van der Waals surface area contributed by atoms with Gasteiger partial charge < -0.3 is 15.4 Å². The van der Waals surface area contributed by atoms with Crippen LogP contribution in [0.2, 0.25) is 0 Å². The van der Waals surface area contributed by atoms with Crippen LogP contribution in [0.25, 0.3) is 0 Å². The van der Waals surface area contributed by atoms with Crippen LogP contribution in [-0.4, -0.2) is 23.7 Å². The molecule has 5 nitrogen and oxygen atoms in total. The van der Waals surface area contributed by atoms with E-state index < -0.39 is 0 Å². The van der Waals surface area contributed by atoms with Crippen LogP contribution < -0.4 is 15.4 Å². The molecule has 0 aromatic heterocycles. The van der Waals surface area contributed by atoms with Crippen molar-refractivity contribution >= 4 is 35.0 Å². The molecule has 6 heteroatoms. The van der Waals surface area contributed by atoms with E-state index in [2.05, 4.69) is 10.6 Å². The van der Waals surface area contributed by atoms with Crippen LogP contribution in [0.4, 0.5) is 11.4 Å². The Balaban J connectivity index is 1.97. The number of nitrogens with one attached hydrogen (secondary N) is 2. The van der Waals surface area contributed by atoms with Crippen LogP contribution >= 0.6 is 11.8 Å². The van der Waals surface area contributed by atoms with Crippen molar-refractivity contribution in [2.24, 2.45) is 0 Å². The number of hydrogen-bond acceptors (Lipinski definition) is 4. The first-order valence-electron chi connectivity index (χ1n) is 8.06. The molecule has 0 heterocycles. The number of rotatable bonds is 7. The zero-order chi connectivity index (χ0) is 18.2. The summed E-state index contributed by atoms with van der Waals surface area (Å²) in [5, 5.41) is 5.35. The third kappa shape index (κ3) is 5.83. The molecule has 0 saturated heterocycles. The van der Waals surface area contributed by atoms with E-state index in [0.717, 1.165) is 10.6 Å². The van der Waals surface area contributed by atoms with Crippen molar-refractivity contribution in [2.75, 3.05) is 17.2 Å². The number of hydrogen-bond donors (Lipinski definition) is 2. The summed E-state index contributed by atoms with van der Waals surface area (Å²) in [5.74, 6) is 0.458. The van der Waals surface area contributed by atoms with Gasteiger partial charge in [-0.25, -0.2) is 0 Å². The van der Waals surface area contributed by atoms with E-state index in [9.17, 15) is 9.59 Å². The largest absolute Gasteiger partial charge is 0.492 e. The molecular formula is C19H22N2O3S. The van der Waals surface area contributed by atoms with E-state index in [4.69, 9.17) is 4.74 Å². The van der Waals surface area contributed by atoms with E-state index in [1.54, 1.807) is 0 Å². The topological polar surface area (TPSA) is 67.4 Å². The Morgan fingerprint density at radius 2 is 1.76 bits per heavy atom. The fourth-order valence-corrected chi connectivity index (χ4v) is 3.03. The molecule has 132 valence electrons. The molecular weight excluding hydrogens is 336 g/mol. The Bertz CT molecular complexity index is 732. The first-order valence-corrected chi connectivity index (χ1v) is 8.94. The maximum absolute atomic E-state index is 12.4. The molecule has 0 aliphatic carbocycles. The fourth-order valence-electron chi connectivity index (χ4n) is 2.16. The minimum Gasteiger partial charge on any atom is -0.492 e. The fraction of sp³-hybridized carbons (Fsp3) is 0.263. The zero-order valence-electron chi connectivity index (χ0n) is 14.5. The van der Waals surface area contributed by atoms with Crippen molar-refractivity contribution in [3.63, 3.8) is 0 Å². The van der Waals surface area contributed by atoms with Crippen LogP contribution in [-0.2, 0) is 9.59 Å². The number of benzene rings is 2. The van der Waals surface area contributed by atoms with Crippen molar-refractivity contribution in [3.8, 4) is 5.75 Å². The van der Waals surface area contributed by atoms with Crippen LogP contribution in [0, 0.1) is 0 Å². The smallest absolute Gasteiger partial charge is 0.237 e. The highest BCUT2D eigenvalue weighted by Crippen LogP contribution is 2.28. The van der Waals surface area contributed by atoms with E-state index >= 15 is 0 Å². The van der Waals surface area contributed by atoms with Gasteiger partial charge in [0.1, 0.15) is 5.75 Å². The van der Waals surface area contributed by atoms with Gasteiger partial charge in [-0.3, -0.25) is 9.59 Å². The van der Waals surface area contributed by atoms with Crippen LogP contribution in [0.3, 0.4) is 0 Å². The van der Waals surface area contributed by atoms with Crippen molar-refractivity contribution in [2.45, 2.75) is 30.9 Å². The summed E-state index contributed by atoms with van der Waals surface area (Å²) < 4.78 is 5.52. The van der Waals surface area contributed by atoms with E-state index in [-0.39, 0.29) is 17.1 Å². The van der Waals surface area contributed by atoms with Crippen LogP contribution in [0.15, 0.2) is 53.4 Å². The lowest BCUT2D eigenvalue weighted by molar-refractivity contribution is -0.115. The van der Waals surface area contributed by atoms with Crippen LogP contribution in [0.5, 0.6) is 5.75 Å². The quantitative estimate of drug-likeness (QED) is 0.729. The first kappa shape index (κ1) is 18.9. The van der Waals surface area contributed by atoms with Crippen LogP contribution in [0.1, 0.15) is 20.8 Å². The Morgan fingerprint density at radius 3 is 2.40 bits per heavy atom. The van der Waals surface area contributed by atoms with Crippen molar-refractivity contribution in [1.29, 1.82) is 0 Å². The van der Waals surface area contributed by atoms with Gasteiger partial charge in [0.25, 0.3) is 0 Å². The Labute approximate surface area is 152 Å². The third-order valence-electron chi connectivity index (χ3n) is 3.30. The molecule has 0 saturated carbocycles. The van der Waals surface area contributed by atoms with Gasteiger partial charge in [0.05, 0.1) is 17.5 Å². The average Bonchev–Trinajstić information content (AvgIpc) is 2.58. The molecule has 0 unspecified atom stereocenters. The molecule has 0 aliphatic rings. The summed E-state index contributed by atoms with van der Waals surface area (Å²) in [7, 11) is 0. The van der Waals surface area contributed by atoms with Gasteiger partial charge in [-0.15, -0.1) is 11.8 Å². The van der Waals surface area contributed by atoms with Crippen molar-refractivity contribution in [3.05, 3.63) is 48.5 Å². The van der Waals surface area contributed by atoms with Gasteiger partial charge in [-0.2, -0.15) is 0 Å². The monoisotopic (exact) mass is 358 g/mol. The lowest BCUT2D eigenvalue weighted by Gasteiger charge is -2.15. The molecule has 1 atom stereocenters. The Morgan fingerprint density at radius 1 is 1.08 bits per heavy atom. The number of para-hydroxylation sites is 2. The van der Waals surface area contributed by atoms with Crippen molar-refractivity contribution in [1.82, 2.24) is 0 Å². The molecule has 0 radical (unpaired) electrons. The summed E-state index contributed by atoms with van der Waals surface area (Å²) in [6, 6.07) is 14.8. The lowest BCUT2D eigenvalue weighted by atomic mass is 10.3. The maximum atomic E-state index is 12.4.